The fourth-order valence-electron chi connectivity index (χ4n) is 1.76. The smallest absolute Gasteiger partial charge is 0.256 e. The summed E-state index contributed by atoms with van der Waals surface area (Å²) in [6, 6.07) is 9.08. The number of carbonyl (C=O) groups excluding carboxylic acids is 1. The van der Waals surface area contributed by atoms with Crippen LogP contribution in [0.1, 0.15) is 15.9 Å². The van der Waals surface area contributed by atoms with Crippen LogP contribution in [0.5, 0.6) is 0 Å². The van der Waals surface area contributed by atoms with E-state index in [0.717, 1.165) is 19.0 Å². The summed E-state index contributed by atoms with van der Waals surface area (Å²) in [6.45, 7) is 1.89. The molecule has 0 unspecified atom stereocenters. The van der Waals surface area contributed by atoms with Gasteiger partial charge in [-0.2, -0.15) is 0 Å². The average molecular weight is 463 g/mol. The molecular weight excluding hydrogens is 452 g/mol. The van der Waals surface area contributed by atoms with Crippen molar-refractivity contribution in [3.05, 3.63) is 54.9 Å². The van der Waals surface area contributed by atoms with Crippen LogP contribution >= 0.6 is 47.8 Å². The average Bonchev–Trinajstić information content (AvgIpc) is 2.36. The molecule has 0 heterocycles. The highest BCUT2D eigenvalue weighted by Crippen LogP contribution is 2.33. The Balaban J connectivity index is 2.36. The van der Waals surface area contributed by atoms with Gasteiger partial charge in [-0.15, -0.1) is 0 Å². The molecule has 0 spiro atoms. The van der Waals surface area contributed by atoms with Gasteiger partial charge in [0.05, 0.1) is 11.4 Å². The first-order valence-electron chi connectivity index (χ1n) is 5.71. The van der Waals surface area contributed by atoms with Crippen molar-refractivity contribution in [3.63, 3.8) is 0 Å². The number of anilines is 2. The molecule has 2 aromatic rings. The predicted molar refractivity (Wildman–Crippen MR) is 93.1 cm³/mol. The molecule has 0 radical (unpaired) electrons. The van der Waals surface area contributed by atoms with Gasteiger partial charge >= 0.3 is 0 Å². The van der Waals surface area contributed by atoms with Gasteiger partial charge in [0.2, 0.25) is 0 Å². The molecule has 6 heteroatoms. The van der Waals surface area contributed by atoms with Crippen LogP contribution in [0.4, 0.5) is 11.4 Å². The SMILES string of the molecule is Cc1c(Br)cccc1C(=O)Nc1c(N)cc(Br)cc1Br. The predicted octanol–water partition coefficient (Wildman–Crippen LogP) is 5.12. The van der Waals surface area contributed by atoms with Crippen molar-refractivity contribution in [1.82, 2.24) is 0 Å². The topological polar surface area (TPSA) is 55.1 Å². The molecule has 2 rings (SSSR count). The van der Waals surface area contributed by atoms with Crippen LogP contribution in [0.2, 0.25) is 0 Å². The van der Waals surface area contributed by atoms with Gasteiger partial charge in [-0.3, -0.25) is 4.79 Å². The van der Waals surface area contributed by atoms with Crippen LogP contribution in [0, 0.1) is 6.92 Å². The van der Waals surface area contributed by atoms with E-state index in [0.29, 0.717) is 16.9 Å². The molecular formula is C14H11Br3N2O. The van der Waals surface area contributed by atoms with Crippen LogP contribution in [0.15, 0.2) is 43.7 Å². The van der Waals surface area contributed by atoms with Crippen molar-refractivity contribution in [2.75, 3.05) is 11.1 Å². The maximum absolute atomic E-state index is 12.4. The normalized spacial score (nSPS) is 10.4. The van der Waals surface area contributed by atoms with Gasteiger partial charge in [0.25, 0.3) is 5.91 Å². The number of halogens is 3. The van der Waals surface area contributed by atoms with Gasteiger partial charge in [-0.05, 0) is 52.7 Å². The van der Waals surface area contributed by atoms with E-state index < -0.39 is 0 Å². The summed E-state index contributed by atoms with van der Waals surface area (Å²) >= 11 is 10.2. The standard InChI is InChI=1S/C14H11Br3N2O/c1-7-9(3-2-4-10(7)16)14(20)19-13-11(17)5-8(15)6-12(13)18/h2-6H,18H2,1H3,(H,19,20). The second-order valence-corrected chi connectivity index (χ2v) is 6.84. The molecule has 3 N–H and O–H groups in total. The molecule has 2 aromatic carbocycles. The number of nitrogen functional groups attached to an aromatic ring is 1. The molecule has 0 aliphatic carbocycles. The van der Waals surface area contributed by atoms with Gasteiger partial charge in [-0.1, -0.05) is 37.9 Å². The molecule has 0 aliphatic heterocycles. The first-order chi connectivity index (χ1) is 9.40. The summed E-state index contributed by atoms with van der Waals surface area (Å²) in [7, 11) is 0. The second kappa shape index (κ2) is 6.28. The number of benzene rings is 2. The Morgan fingerprint density at radius 3 is 2.50 bits per heavy atom. The van der Waals surface area contributed by atoms with E-state index in [1.807, 2.05) is 25.1 Å². The van der Waals surface area contributed by atoms with Crippen LogP contribution < -0.4 is 11.1 Å². The zero-order valence-corrected chi connectivity index (χ0v) is 15.3. The third kappa shape index (κ3) is 3.24. The van der Waals surface area contributed by atoms with E-state index in [2.05, 4.69) is 53.1 Å². The highest BCUT2D eigenvalue weighted by Gasteiger charge is 2.14. The lowest BCUT2D eigenvalue weighted by Gasteiger charge is -2.12. The van der Waals surface area contributed by atoms with Crippen molar-refractivity contribution in [2.24, 2.45) is 0 Å². The quantitative estimate of drug-likeness (QED) is 0.609. The fraction of sp³-hybridized carbons (Fsp3) is 0.0714. The summed E-state index contributed by atoms with van der Waals surface area (Å²) in [5.74, 6) is -0.196. The molecule has 1 amide bonds. The van der Waals surface area contributed by atoms with E-state index in [9.17, 15) is 4.79 Å². The van der Waals surface area contributed by atoms with E-state index in [1.54, 1.807) is 12.1 Å². The molecule has 104 valence electrons. The molecule has 0 saturated heterocycles. The van der Waals surface area contributed by atoms with Crippen LogP contribution in [-0.2, 0) is 0 Å². The van der Waals surface area contributed by atoms with E-state index in [4.69, 9.17) is 5.73 Å². The highest BCUT2D eigenvalue weighted by atomic mass is 79.9. The molecule has 0 fully saturated rings. The Morgan fingerprint density at radius 2 is 1.85 bits per heavy atom. The Labute approximate surface area is 142 Å². The number of hydrogen-bond acceptors (Lipinski definition) is 2. The van der Waals surface area contributed by atoms with Crippen molar-refractivity contribution in [1.29, 1.82) is 0 Å². The number of carbonyl (C=O) groups is 1. The Kier molecular flexibility index (Phi) is 4.88. The molecule has 20 heavy (non-hydrogen) atoms. The molecule has 0 atom stereocenters. The molecule has 0 aliphatic rings. The van der Waals surface area contributed by atoms with E-state index in [1.165, 1.54) is 0 Å². The maximum atomic E-state index is 12.4. The lowest BCUT2D eigenvalue weighted by molar-refractivity contribution is 0.102. The third-order valence-electron chi connectivity index (χ3n) is 2.84. The lowest BCUT2D eigenvalue weighted by atomic mass is 10.1. The van der Waals surface area contributed by atoms with Crippen LogP contribution in [0.3, 0.4) is 0 Å². The molecule has 3 nitrogen and oxygen atoms in total. The second-order valence-electron chi connectivity index (χ2n) is 4.22. The van der Waals surface area contributed by atoms with Gasteiger partial charge in [0.1, 0.15) is 0 Å². The number of rotatable bonds is 2. The number of amides is 1. The Bertz CT molecular complexity index is 663. The number of hydrogen-bond donors (Lipinski definition) is 2. The Hall–Kier alpha value is -0.850. The summed E-state index contributed by atoms with van der Waals surface area (Å²) < 4.78 is 2.47. The minimum atomic E-state index is -0.196. The first-order valence-corrected chi connectivity index (χ1v) is 8.09. The lowest BCUT2D eigenvalue weighted by Crippen LogP contribution is -2.15. The zero-order valence-electron chi connectivity index (χ0n) is 10.5. The van der Waals surface area contributed by atoms with Crippen LogP contribution in [0.25, 0.3) is 0 Å². The van der Waals surface area contributed by atoms with Gasteiger partial charge in [0.15, 0.2) is 0 Å². The van der Waals surface area contributed by atoms with Crippen molar-refractivity contribution < 1.29 is 4.79 Å². The van der Waals surface area contributed by atoms with Crippen LogP contribution in [-0.4, -0.2) is 5.91 Å². The fourth-order valence-corrected chi connectivity index (χ4v) is 3.48. The summed E-state index contributed by atoms with van der Waals surface area (Å²) in [6.07, 6.45) is 0. The number of nitrogens with one attached hydrogen (secondary N) is 1. The largest absolute Gasteiger partial charge is 0.397 e. The van der Waals surface area contributed by atoms with Gasteiger partial charge < -0.3 is 11.1 Å². The van der Waals surface area contributed by atoms with Crippen molar-refractivity contribution >= 4 is 65.1 Å². The highest BCUT2D eigenvalue weighted by molar-refractivity contribution is 9.11. The summed E-state index contributed by atoms with van der Waals surface area (Å²) in [5, 5.41) is 2.84. The Morgan fingerprint density at radius 1 is 1.15 bits per heavy atom. The maximum Gasteiger partial charge on any atom is 0.256 e. The minimum absolute atomic E-state index is 0.196. The minimum Gasteiger partial charge on any atom is -0.397 e. The zero-order chi connectivity index (χ0) is 14.9. The van der Waals surface area contributed by atoms with Gasteiger partial charge in [0, 0.05) is 19.0 Å². The van der Waals surface area contributed by atoms with Gasteiger partial charge in [-0.25, -0.2) is 0 Å². The van der Waals surface area contributed by atoms with E-state index in [-0.39, 0.29) is 5.91 Å². The molecule has 0 bridgehead atoms. The number of nitrogens with two attached hydrogens (primary N) is 1. The third-order valence-corrected chi connectivity index (χ3v) is 4.78. The molecule has 0 saturated carbocycles. The first kappa shape index (κ1) is 15.5. The monoisotopic (exact) mass is 460 g/mol. The summed E-state index contributed by atoms with van der Waals surface area (Å²) in [5.41, 5.74) is 8.48. The summed E-state index contributed by atoms with van der Waals surface area (Å²) in [4.78, 5) is 12.4. The van der Waals surface area contributed by atoms with Crippen molar-refractivity contribution in [3.8, 4) is 0 Å². The molecule has 0 aromatic heterocycles. The van der Waals surface area contributed by atoms with E-state index >= 15 is 0 Å². The van der Waals surface area contributed by atoms with Crippen molar-refractivity contribution in [2.45, 2.75) is 6.92 Å².